The van der Waals surface area contributed by atoms with Crippen LogP contribution in [0.1, 0.15) is 76.9 Å². The van der Waals surface area contributed by atoms with Crippen molar-refractivity contribution in [2.45, 2.75) is 86.0 Å². The van der Waals surface area contributed by atoms with Crippen molar-refractivity contribution < 1.29 is 19.0 Å². The zero-order valence-corrected chi connectivity index (χ0v) is 29.1. The fourth-order valence-electron chi connectivity index (χ4n) is 5.31. The summed E-state index contributed by atoms with van der Waals surface area (Å²) in [4.78, 5) is 22.3. The van der Waals surface area contributed by atoms with E-state index in [2.05, 4.69) is 40.3 Å². The molecule has 0 aliphatic carbocycles. The summed E-state index contributed by atoms with van der Waals surface area (Å²) in [5.41, 5.74) is 5.42. The number of para-hydroxylation sites is 1. The van der Waals surface area contributed by atoms with E-state index in [1.165, 1.54) is 0 Å². The maximum Gasteiger partial charge on any atom is 0.407 e. The van der Waals surface area contributed by atoms with Gasteiger partial charge in [0.25, 0.3) is 0 Å². The minimum Gasteiger partial charge on any atom is -0.497 e. The number of anilines is 1. The molecule has 250 valence electrons. The number of aromatic nitrogens is 3. The highest BCUT2D eigenvalue weighted by atomic mass is 16.6. The van der Waals surface area contributed by atoms with Crippen molar-refractivity contribution in [3.8, 4) is 11.5 Å². The SMILES string of the molecule is CC.CCCCc1nc2c(NCc3ccc(OC)cc3OC)nc3ccccc3c2n1Cc1ccc(CNC(=O)OC(C)(C)C)cc1. The van der Waals surface area contributed by atoms with Gasteiger partial charge in [0, 0.05) is 43.1 Å². The van der Waals surface area contributed by atoms with Crippen LogP contribution in [0.3, 0.4) is 0 Å². The number of unbranched alkanes of at least 4 members (excludes halogenated alkanes) is 1. The topological polar surface area (TPSA) is 99.5 Å². The molecule has 2 heterocycles. The molecule has 0 fully saturated rings. The number of amides is 1. The Balaban J connectivity index is 0.00000245. The van der Waals surface area contributed by atoms with Crippen LogP contribution in [0.5, 0.6) is 11.5 Å². The molecule has 0 saturated carbocycles. The van der Waals surface area contributed by atoms with Crippen molar-refractivity contribution >= 4 is 33.8 Å². The summed E-state index contributed by atoms with van der Waals surface area (Å²) in [6.07, 6.45) is 2.55. The number of nitrogens with zero attached hydrogens (tertiary/aromatic N) is 3. The number of hydrogen-bond donors (Lipinski definition) is 2. The normalized spacial score (nSPS) is 11.1. The molecule has 1 amide bonds. The number of benzene rings is 3. The molecule has 0 bridgehead atoms. The van der Waals surface area contributed by atoms with Crippen LogP contribution in [-0.2, 0) is 30.8 Å². The molecule has 0 spiro atoms. The predicted octanol–water partition coefficient (Wildman–Crippen LogP) is 8.66. The highest BCUT2D eigenvalue weighted by Gasteiger charge is 2.20. The molecule has 0 aliphatic heterocycles. The van der Waals surface area contributed by atoms with Gasteiger partial charge < -0.3 is 29.4 Å². The van der Waals surface area contributed by atoms with E-state index in [-0.39, 0.29) is 0 Å². The third-order valence-corrected chi connectivity index (χ3v) is 7.56. The van der Waals surface area contributed by atoms with Gasteiger partial charge in [0.15, 0.2) is 5.82 Å². The van der Waals surface area contributed by atoms with Crippen LogP contribution >= 0.6 is 0 Å². The maximum absolute atomic E-state index is 12.1. The lowest BCUT2D eigenvalue weighted by Gasteiger charge is -2.19. The fourth-order valence-corrected chi connectivity index (χ4v) is 5.31. The number of rotatable bonds is 12. The lowest BCUT2D eigenvalue weighted by Crippen LogP contribution is -2.32. The van der Waals surface area contributed by atoms with Gasteiger partial charge in [-0.1, -0.05) is 69.7 Å². The van der Waals surface area contributed by atoms with Crippen molar-refractivity contribution in [2.24, 2.45) is 0 Å². The molecule has 0 unspecified atom stereocenters. The molecule has 9 nitrogen and oxygen atoms in total. The van der Waals surface area contributed by atoms with Crippen LogP contribution in [0.4, 0.5) is 10.6 Å². The van der Waals surface area contributed by atoms with Crippen LogP contribution < -0.4 is 20.1 Å². The van der Waals surface area contributed by atoms with Crippen molar-refractivity contribution in [3.05, 3.63) is 89.2 Å². The molecular weight excluding hydrogens is 590 g/mol. The van der Waals surface area contributed by atoms with Gasteiger partial charge in [0.2, 0.25) is 0 Å². The maximum atomic E-state index is 12.1. The van der Waals surface area contributed by atoms with E-state index in [4.69, 9.17) is 24.2 Å². The van der Waals surface area contributed by atoms with Crippen LogP contribution in [0.2, 0.25) is 0 Å². The first kappa shape index (κ1) is 35.1. The number of carbonyl (C=O) groups is 1. The third-order valence-electron chi connectivity index (χ3n) is 7.56. The lowest BCUT2D eigenvalue weighted by atomic mass is 10.1. The molecule has 0 saturated heterocycles. The number of aryl methyl sites for hydroxylation is 1. The first-order chi connectivity index (χ1) is 22.7. The second kappa shape index (κ2) is 16.2. The number of carbonyl (C=O) groups excluding carboxylic acids is 1. The molecule has 47 heavy (non-hydrogen) atoms. The monoisotopic (exact) mass is 639 g/mol. The Bertz CT molecular complexity index is 1770. The average molecular weight is 640 g/mol. The fraction of sp³-hybridized carbons (Fsp3) is 0.395. The second-order valence-corrected chi connectivity index (χ2v) is 12.1. The van der Waals surface area contributed by atoms with Crippen LogP contribution in [0, 0.1) is 0 Å². The summed E-state index contributed by atoms with van der Waals surface area (Å²) in [5, 5.41) is 7.46. The molecule has 0 aliphatic rings. The summed E-state index contributed by atoms with van der Waals surface area (Å²) in [6.45, 7) is 13.3. The minimum absolute atomic E-state index is 0.398. The Hall–Kier alpha value is -4.79. The van der Waals surface area contributed by atoms with Gasteiger partial charge in [-0.15, -0.1) is 0 Å². The number of methoxy groups -OCH3 is 2. The van der Waals surface area contributed by atoms with Crippen LogP contribution in [-0.4, -0.2) is 40.4 Å². The number of imidazole rings is 1. The van der Waals surface area contributed by atoms with E-state index in [0.717, 1.165) is 81.0 Å². The number of pyridine rings is 1. The van der Waals surface area contributed by atoms with Crippen molar-refractivity contribution in [1.29, 1.82) is 0 Å². The quantitative estimate of drug-likeness (QED) is 0.141. The second-order valence-electron chi connectivity index (χ2n) is 12.1. The van der Waals surface area contributed by atoms with Crippen molar-refractivity contribution in [3.63, 3.8) is 0 Å². The Morgan fingerprint density at radius 3 is 2.30 bits per heavy atom. The predicted molar refractivity (Wildman–Crippen MR) is 190 cm³/mol. The summed E-state index contributed by atoms with van der Waals surface area (Å²) in [6, 6.07) is 22.4. The molecule has 0 radical (unpaired) electrons. The van der Waals surface area contributed by atoms with E-state index in [1.54, 1.807) is 14.2 Å². The van der Waals surface area contributed by atoms with Gasteiger partial charge in [-0.3, -0.25) is 0 Å². The molecular formula is C38H49N5O4. The zero-order chi connectivity index (χ0) is 34.0. The van der Waals surface area contributed by atoms with E-state index in [1.807, 2.05) is 83.1 Å². The first-order valence-corrected chi connectivity index (χ1v) is 16.5. The lowest BCUT2D eigenvalue weighted by molar-refractivity contribution is 0.0523. The van der Waals surface area contributed by atoms with Gasteiger partial charge in [-0.25, -0.2) is 14.8 Å². The van der Waals surface area contributed by atoms with E-state index in [9.17, 15) is 4.79 Å². The molecule has 9 heteroatoms. The van der Waals surface area contributed by atoms with Gasteiger partial charge in [-0.2, -0.15) is 0 Å². The van der Waals surface area contributed by atoms with Gasteiger partial charge >= 0.3 is 6.09 Å². The molecule has 5 aromatic rings. The highest BCUT2D eigenvalue weighted by molar-refractivity contribution is 6.07. The van der Waals surface area contributed by atoms with Crippen molar-refractivity contribution in [2.75, 3.05) is 19.5 Å². The molecule has 2 N–H and O–H groups in total. The zero-order valence-electron chi connectivity index (χ0n) is 29.1. The van der Waals surface area contributed by atoms with Crippen molar-refractivity contribution in [1.82, 2.24) is 19.9 Å². The van der Waals surface area contributed by atoms with Gasteiger partial charge in [0.1, 0.15) is 28.4 Å². The largest absolute Gasteiger partial charge is 0.497 e. The number of ether oxygens (including phenoxy) is 3. The van der Waals surface area contributed by atoms with E-state index >= 15 is 0 Å². The standard InChI is InChI=1S/C36H43N5O4.C2H6/c1-7-8-13-31-40-32-33(41(31)23-25-16-14-24(15-17-25)21-38-35(42)45-36(2,3)4)28-11-9-10-12-29(28)39-34(32)37-22-26-18-19-27(43-5)20-30(26)44-6;1-2/h9-12,14-20H,7-8,13,21-23H2,1-6H3,(H,37,39)(H,38,42);1-2H3. The number of hydrogen-bond acceptors (Lipinski definition) is 7. The average Bonchev–Trinajstić information content (AvgIpc) is 3.44. The summed E-state index contributed by atoms with van der Waals surface area (Å²) >= 11 is 0. The molecule has 0 atom stereocenters. The van der Waals surface area contributed by atoms with E-state index in [0.29, 0.717) is 19.6 Å². The number of alkyl carbamates (subject to hydrolysis) is 1. The van der Waals surface area contributed by atoms with Crippen LogP contribution in [0.25, 0.3) is 21.9 Å². The molecule has 3 aromatic carbocycles. The Labute approximate surface area is 278 Å². The minimum atomic E-state index is -0.533. The molecule has 5 rings (SSSR count). The molecule has 2 aromatic heterocycles. The Morgan fingerprint density at radius 1 is 0.894 bits per heavy atom. The van der Waals surface area contributed by atoms with Crippen LogP contribution in [0.15, 0.2) is 66.7 Å². The summed E-state index contributed by atoms with van der Waals surface area (Å²) < 4.78 is 18.7. The Kier molecular flexibility index (Phi) is 12.1. The van der Waals surface area contributed by atoms with E-state index < -0.39 is 11.7 Å². The number of nitrogens with one attached hydrogen (secondary N) is 2. The van der Waals surface area contributed by atoms with Gasteiger partial charge in [-0.05, 0) is 56.5 Å². The first-order valence-electron chi connectivity index (χ1n) is 16.5. The highest BCUT2D eigenvalue weighted by Crippen LogP contribution is 2.33. The smallest absolute Gasteiger partial charge is 0.407 e. The summed E-state index contributed by atoms with van der Waals surface area (Å²) in [7, 11) is 3.31. The Morgan fingerprint density at radius 2 is 1.62 bits per heavy atom. The summed E-state index contributed by atoms with van der Waals surface area (Å²) in [5.74, 6) is 3.26. The number of fused-ring (bicyclic) bond motifs is 3. The third kappa shape index (κ3) is 8.93. The van der Waals surface area contributed by atoms with Gasteiger partial charge in [0.05, 0.1) is 25.3 Å².